The fourth-order valence-electron chi connectivity index (χ4n) is 3.99. The Morgan fingerprint density at radius 1 is 1.03 bits per heavy atom. The number of benzene rings is 2. The predicted molar refractivity (Wildman–Crippen MR) is 117 cm³/mol. The van der Waals surface area contributed by atoms with Crippen molar-refractivity contribution in [1.82, 2.24) is 14.9 Å². The summed E-state index contributed by atoms with van der Waals surface area (Å²) in [6.45, 7) is 2.16. The van der Waals surface area contributed by atoms with Crippen LogP contribution < -0.4 is 10.3 Å². The maximum absolute atomic E-state index is 13.1. The number of aromatic nitrogens is 2. The summed E-state index contributed by atoms with van der Waals surface area (Å²) in [5.74, 6) is 0. The van der Waals surface area contributed by atoms with E-state index in [4.69, 9.17) is 0 Å². The minimum atomic E-state index is -3.71. The lowest BCUT2D eigenvalue weighted by atomic mass is 9.89. The van der Waals surface area contributed by atoms with Gasteiger partial charge in [0.1, 0.15) is 0 Å². The number of nitrogens with zero attached hydrogens (tertiary/aromatic N) is 1. The highest BCUT2D eigenvalue weighted by Crippen LogP contribution is 2.30. The van der Waals surface area contributed by atoms with E-state index in [0.717, 1.165) is 47.9 Å². The van der Waals surface area contributed by atoms with Crippen molar-refractivity contribution in [3.8, 4) is 11.3 Å². The number of rotatable bonds is 6. The lowest BCUT2D eigenvalue weighted by molar-refractivity contribution is 0.580. The fourth-order valence-corrected chi connectivity index (χ4v) is 5.35. The molecule has 2 aromatic carbocycles. The Morgan fingerprint density at radius 3 is 2.50 bits per heavy atom. The molecule has 0 amide bonds. The molecule has 0 bridgehead atoms. The molecule has 30 heavy (non-hydrogen) atoms. The highest BCUT2D eigenvalue weighted by Gasteiger charge is 2.22. The molecule has 4 rings (SSSR count). The maximum atomic E-state index is 13.1. The van der Waals surface area contributed by atoms with Crippen molar-refractivity contribution in [3.05, 3.63) is 81.1 Å². The summed E-state index contributed by atoms with van der Waals surface area (Å²) in [7, 11) is -3.71. The molecular weight excluding hydrogens is 398 g/mol. The molecule has 0 saturated carbocycles. The average molecular weight is 424 g/mol. The van der Waals surface area contributed by atoms with Gasteiger partial charge in [0.05, 0.1) is 10.6 Å². The van der Waals surface area contributed by atoms with Crippen molar-refractivity contribution in [2.24, 2.45) is 0 Å². The molecule has 1 heterocycles. The van der Waals surface area contributed by atoms with E-state index < -0.39 is 10.0 Å². The van der Waals surface area contributed by atoms with Crippen molar-refractivity contribution >= 4 is 10.0 Å². The van der Waals surface area contributed by atoms with E-state index in [1.165, 1.54) is 0 Å². The molecular formula is C23H25N3O3S. The van der Waals surface area contributed by atoms with Gasteiger partial charge in [-0.05, 0) is 54.9 Å². The van der Waals surface area contributed by atoms with Crippen molar-refractivity contribution in [3.63, 3.8) is 0 Å². The predicted octanol–water partition coefficient (Wildman–Crippen LogP) is 3.36. The highest BCUT2D eigenvalue weighted by molar-refractivity contribution is 7.89. The van der Waals surface area contributed by atoms with Crippen LogP contribution in [0.4, 0.5) is 0 Å². The highest BCUT2D eigenvalue weighted by atomic mass is 32.2. The van der Waals surface area contributed by atoms with Gasteiger partial charge in [-0.15, -0.1) is 0 Å². The summed E-state index contributed by atoms with van der Waals surface area (Å²) in [4.78, 5) is 12.4. The zero-order chi connectivity index (χ0) is 21.1. The largest absolute Gasteiger partial charge is 0.268 e. The van der Waals surface area contributed by atoms with Crippen LogP contribution in [0.25, 0.3) is 11.3 Å². The fraction of sp³-hybridized carbons (Fsp3) is 0.304. The first kappa shape index (κ1) is 20.5. The van der Waals surface area contributed by atoms with Crippen LogP contribution in [0.2, 0.25) is 0 Å². The molecule has 156 valence electrons. The molecule has 0 fully saturated rings. The van der Waals surface area contributed by atoms with Gasteiger partial charge in [-0.3, -0.25) is 4.79 Å². The van der Waals surface area contributed by atoms with Crippen LogP contribution in [0.15, 0.2) is 58.2 Å². The first-order valence-corrected chi connectivity index (χ1v) is 11.7. The van der Waals surface area contributed by atoms with Gasteiger partial charge in [0, 0.05) is 17.7 Å². The lowest BCUT2D eigenvalue weighted by Crippen LogP contribution is -2.24. The SMILES string of the molecule is CCc1ccc(-c2n[nH]c(=O)c3c2CCCC3)cc1S(=O)(=O)NCc1ccccc1. The van der Waals surface area contributed by atoms with E-state index in [1.807, 2.05) is 49.4 Å². The maximum Gasteiger partial charge on any atom is 0.267 e. The summed E-state index contributed by atoms with van der Waals surface area (Å²) >= 11 is 0. The summed E-state index contributed by atoms with van der Waals surface area (Å²) in [5, 5.41) is 6.87. The lowest BCUT2D eigenvalue weighted by Gasteiger charge is -2.18. The molecule has 0 atom stereocenters. The van der Waals surface area contributed by atoms with Crippen molar-refractivity contribution in [2.45, 2.75) is 50.5 Å². The first-order chi connectivity index (χ1) is 14.5. The van der Waals surface area contributed by atoms with Gasteiger partial charge in [-0.25, -0.2) is 18.2 Å². The van der Waals surface area contributed by atoms with Crippen LogP contribution in [0.1, 0.15) is 42.0 Å². The van der Waals surface area contributed by atoms with Crippen molar-refractivity contribution < 1.29 is 8.42 Å². The Morgan fingerprint density at radius 2 is 1.77 bits per heavy atom. The molecule has 0 spiro atoms. The summed E-state index contributed by atoms with van der Waals surface area (Å²) < 4.78 is 29.0. The second-order valence-electron chi connectivity index (χ2n) is 7.55. The molecule has 0 saturated heterocycles. The first-order valence-electron chi connectivity index (χ1n) is 10.3. The van der Waals surface area contributed by atoms with Gasteiger partial charge in [0.2, 0.25) is 10.0 Å². The van der Waals surface area contributed by atoms with Crippen LogP contribution in [0.3, 0.4) is 0 Å². The second-order valence-corrected chi connectivity index (χ2v) is 9.29. The topological polar surface area (TPSA) is 91.9 Å². The third-order valence-electron chi connectivity index (χ3n) is 5.62. The quantitative estimate of drug-likeness (QED) is 0.636. The number of hydrogen-bond acceptors (Lipinski definition) is 4. The standard InChI is InChI=1S/C23H25N3O3S/c1-2-17-12-13-18(22-19-10-6-7-11-20(19)23(27)26-25-22)14-21(17)30(28,29)24-15-16-8-4-3-5-9-16/h3-5,8-9,12-14,24H,2,6-7,10-11,15H2,1H3,(H,26,27). The van der Waals surface area contributed by atoms with E-state index in [-0.39, 0.29) is 17.0 Å². The van der Waals surface area contributed by atoms with Crippen LogP contribution >= 0.6 is 0 Å². The van der Waals surface area contributed by atoms with Crippen molar-refractivity contribution in [1.29, 1.82) is 0 Å². The minimum absolute atomic E-state index is 0.143. The number of fused-ring (bicyclic) bond motifs is 1. The normalized spacial score (nSPS) is 13.8. The van der Waals surface area contributed by atoms with Gasteiger partial charge in [0.15, 0.2) is 0 Å². The molecule has 2 N–H and O–H groups in total. The smallest absolute Gasteiger partial charge is 0.267 e. The number of aromatic amines is 1. The molecule has 1 aromatic heterocycles. The summed E-state index contributed by atoms with van der Waals surface area (Å²) in [6.07, 6.45) is 4.10. The average Bonchev–Trinajstić information content (AvgIpc) is 2.78. The third-order valence-corrected chi connectivity index (χ3v) is 7.10. The number of nitrogens with one attached hydrogen (secondary N) is 2. The molecule has 0 unspecified atom stereocenters. The van der Waals surface area contributed by atoms with Gasteiger partial charge in [0.25, 0.3) is 5.56 Å². The molecule has 6 nitrogen and oxygen atoms in total. The summed E-state index contributed by atoms with van der Waals surface area (Å²) in [5.41, 5.74) is 4.60. The molecule has 3 aromatic rings. The Bertz CT molecular complexity index is 1220. The van der Waals surface area contributed by atoms with Gasteiger partial charge < -0.3 is 0 Å². The minimum Gasteiger partial charge on any atom is -0.268 e. The van der Waals surface area contributed by atoms with Crippen LogP contribution in [0, 0.1) is 0 Å². The van der Waals surface area contributed by atoms with E-state index in [0.29, 0.717) is 17.7 Å². The number of sulfonamides is 1. The Balaban J connectivity index is 1.74. The zero-order valence-electron chi connectivity index (χ0n) is 16.9. The van der Waals surface area contributed by atoms with E-state index in [1.54, 1.807) is 6.07 Å². The third kappa shape index (κ3) is 4.08. The van der Waals surface area contributed by atoms with Crippen LogP contribution in [0.5, 0.6) is 0 Å². The van der Waals surface area contributed by atoms with Gasteiger partial charge in [-0.2, -0.15) is 5.10 Å². The molecule has 1 aliphatic rings. The van der Waals surface area contributed by atoms with E-state index in [9.17, 15) is 13.2 Å². The summed E-state index contributed by atoms with van der Waals surface area (Å²) in [6, 6.07) is 14.8. The molecule has 7 heteroatoms. The van der Waals surface area contributed by atoms with Crippen LogP contribution in [-0.2, 0) is 35.8 Å². The zero-order valence-corrected chi connectivity index (χ0v) is 17.8. The Hall–Kier alpha value is -2.77. The Kier molecular flexibility index (Phi) is 5.83. The number of aryl methyl sites for hydroxylation is 1. The Labute approximate surface area is 176 Å². The van der Waals surface area contributed by atoms with Crippen molar-refractivity contribution in [2.75, 3.05) is 0 Å². The van der Waals surface area contributed by atoms with E-state index in [2.05, 4.69) is 14.9 Å². The number of H-pyrrole nitrogens is 1. The molecule has 0 radical (unpaired) electrons. The monoisotopic (exact) mass is 423 g/mol. The van der Waals surface area contributed by atoms with Gasteiger partial charge in [-0.1, -0.05) is 49.4 Å². The second kappa shape index (κ2) is 8.53. The van der Waals surface area contributed by atoms with Crippen LogP contribution in [-0.4, -0.2) is 18.6 Å². The molecule has 1 aliphatic carbocycles. The number of hydrogen-bond donors (Lipinski definition) is 2. The van der Waals surface area contributed by atoms with Gasteiger partial charge >= 0.3 is 0 Å². The van der Waals surface area contributed by atoms with E-state index >= 15 is 0 Å². The molecule has 0 aliphatic heterocycles.